The highest BCUT2D eigenvalue weighted by Gasteiger charge is 2.04. The summed E-state index contributed by atoms with van der Waals surface area (Å²) in [7, 11) is 0. The number of halogens is 1. The number of hydrogen-bond donors (Lipinski definition) is 2. The van der Waals surface area contributed by atoms with Crippen LogP contribution in [0.3, 0.4) is 0 Å². The maximum absolute atomic E-state index is 10.3. The highest BCUT2D eigenvalue weighted by Crippen LogP contribution is 2.14. The minimum atomic E-state index is -0.733. The molecule has 1 atom stereocenters. The molecule has 1 rings (SSSR count). The summed E-state index contributed by atoms with van der Waals surface area (Å²) in [6.07, 6.45) is 0.899. The average Bonchev–Trinajstić information content (AvgIpc) is 2.25. The van der Waals surface area contributed by atoms with E-state index in [0.717, 1.165) is 6.54 Å². The zero-order valence-corrected chi connectivity index (χ0v) is 11.4. The summed E-state index contributed by atoms with van der Waals surface area (Å²) in [5, 5.41) is 11.8. The third kappa shape index (κ3) is 4.94. The van der Waals surface area contributed by atoms with Gasteiger partial charge in [0.05, 0.1) is 0 Å². The van der Waals surface area contributed by atoms with Gasteiger partial charge in [-0.1, -0.05) is 12.1 Å². The number of carbonyl (C=O) groups is 1. The molecular formula is C12H16INO2. The SMILES string of the molecule is CC(NCCCC(=O)O)c1ccc(I)cc1. The van der Waals surface area contributed by atoms with Gasteiger partial charge in [-0.2, -0.15) is 0 Å². The first kappa shape index (κ1) is 13.4. The molecule has 1 aromatic rings. The molecule has 0 aliphatic heterocycles. The summed E-state index contributed by atoms with van der Waals surface area (Å²) < 4.78 is 1.22. The van der Waals surface area contributed by atoms with Gasteiger partial charge < -0.3 is 10.4 Å². The number of aliphatic carboxylic acids is 1. The van der Waals surface area contributed by atoms with Crippen LogP contribution in [0.4, 0.5) is 0 Å². The summed E-state index contributed by atoms with van der Waals surface area (Å²) in [6, 6.07) is 8.61. The van der Waals surface area contributed by atoms with Crippen LogP contribution < -0.4 is 5.32 Å². The number of benzene rings is 1. The predicted molar refractivity (Wildman–Crippen MR) is 72.4 cm³/mol. The molecule has 0 bridgehead atoms. The minimum Gasteiger partial charge on any atom is -0.481 e. The topological polar surface area (TPSA) is 49.3 Å². The van der Waals surface area contributed by atoms with Crippen molar-refractivity contribution in [3.63, 3.8) is 0 Å². The minimum absolute atomic E-state index is 0.229. The van der Waals surface area contributed by atoms with Gasteiger partial charge >= 0.3 is 5.97 Å². The van der Waals surface area contributed by atoms with Crippen LogP contribution in [-0.4, -0.2) is 17.6 Å². The van der Waals surface area contributed by atoms with E-state index in [0.29, 0.717) is 6.42 Å². The van der Waals surface area contributed by atoms with Gasteiger partial charge in [0.2, 0.25) is 0 Å². The molecule has 0 spiro atoms. The van der Waals surface area contributed by atoms with Crippen LogP contribution in [-0.2, 0) is 4.79 Å². The first-order valence-corrected chi connectivity index (χ1v) is 6.38. The smallest absolute Gasteiger partial charge is 0.303 e. The molecular weight excluding hydrogens is 317 g/mol. The highest BCUT2D eigenvalue weighted by atomic mass is 127. The Labute approximate surface area is 109 Å². The maximum atomic E-state index is 10.3. The van der Waals surface area contributed by atoms with E-state index >= 15 is 0 Å². The van der Waals surface area contributed by atoms with Crippen LogP contribution in [0.5, 0.6) is 0 Å². The molecule has 3 nitrogen and oxygen atoms in total. The van der Waals surface area contributed by atoms with Crippen molar-refractivity contribution in [2.45, 2.75) is 25.8 Å². The molecule has 0 heterocycles. The molecule has 88 valence electrons. The molecule has 0 fully saturated rings. The Hall–Kier alpha value is -0.620. The number of carboxylic acid groups (broad SMARTS) is 1. The van der Waals surface area contributed by atoms with Crippen LogP contribution in [0.1, 0.15) is 31.4 Å². The first-order chi connectivity index (χ1) is 7.59. The van der Waals surface area contributed by atoms with Gasteiger partial charge in [0.25, 0.3) is 0 Å². The van der Waals surface area contributed by atoms with Gasteiger partial charge in [-0.15, -0.1) is 0 Å². The van der Waals surface area contributed by atoms with Crippen molar-refractivity contribution in [3.05, 3.63) is 33.4 Å². The fraction of sp³-hybridized carbons (Fsp3) is 0.417. The van der Waals surface area contributed by atoms with Gasteiger partial charge in [-0.3, -0.25) is 4.79 Å². The van der Waals surface area contributed by atoms with E-state index in [1.54, 1.807) is 0 Å². The highest BCUT2D eigenvalue weighted by molar-refractivity contribution is 14.1. The van der Waals surface area contributed by atoms with E-state index in [1.165, 1.54) is 9.13 Å². The first-order valence-electron chi connectivity index (χ1n) is 5.30. The number of carboxylic acids is 1. The largest absolute Gasteiger partial charge is 0.481 e. The summed E-state index contributed by atoms with van der Waals surface area (Å²) in [5.74, 6) is -0.733. The van der Waals surface area contributed by atoms with Gasteiger partial charge in [0, 0.05) is 16.0 Å². The van der Waals surface area contributed by atoms with Crippen LogP contribution in [0.25, 0.3) is 0 Å². The van der Waals surface area contributed by atoms with Gasteiger partial charge in [0.1, 0.15) is 0 Å². The zero-order chi connectivity index (χ0) is 12.0. The standard InChI is InChI=1S/C12H16INO2/c1-9(14-8-2-3-12(15)16)10-4-6-11(13)7-5-10/h4-7,9,14H,2-3,8H2,1H3,(H,15,16). The number of nitrogens with one attached hydrogen (secondary N) is 1. The molecule has 0 aliphatic carbocycles. The normalized spacial score (nSPS) is 12.4. The summed E-state index contributed by atoms with van der Waals surface area (Å²) in [5.41, 5.74) is 1.23. The van der Waals surface area contributed by atoms with E-state index in [-0.39, 0.29) is 12.5 Å². The molecule has 4 heteroatoms. The van der Waals surface area contributed by atoms with Crippen LogP contribution in [0.2, 0.25) is 0 Å². The van der Waals surface area contributed by atoms with Crippen LogP contribution in [0, 0.1) is 3.57 Å². The molecule has 1 aromatic carbocycles. The Bertz CT molecular complexity index is 337. The zero-order valence-electron chi connectivity index (χ0n) is 9.24. The second-order valence-electron chi connectivity index (χ2n) is 3.72. The molecule has 0 aliphatic rings. The second kappa shape index (κ2) is 6.85. The van der Waals surface area contributed by atoms with Crippen molar-refractivity contribution >= 4 is 28.6 Å². The Kier molecular flexibility index (Phi) is 5.76. The Morgan fingerprint density at radius 2 is 2.06 bits per heavy atom. The summed E-state index contributed by atoms with van der Waals surface area (Å²) in [4.78, 5) is 10.3. The summed E-state index contributed by atoms with van der Waals surface area (Å²) >= 11 is 2.28. The average molecular weight is 333 g/mol. The lowest BCUT2D eigenvalue weighted by Gasteiger charge is -2.13. The molecule has 0 saturated carbocycles. The Morgan fingerprint density at radius 1 is 1.44 bits per heavy atom. The van der Waals surface area contributed by atoms with Crippen molar-refractivity contribution in [2.75, 3.05) is 6.54 Å². The predicted octanol–water partition coefficient (Wildman–Crippen LogP) is 2.81. The molecule has 2 N–H and O–H groups in total. The molecule has 16 heavy (non-hydrogen) atoms. The van der Waals surface area contributed by atoms with Gasteiger partial charge in [-0.25, -0.2) is 0 Å². The van der Waals surface area contributed by atoms with Crippen molar-refractivity contribution in [2.24, 2.45) is 0 Å². The fourth-order valence-corrected chi connectivity index (χ4v) is 1.79. The van der Waals surface area contributed by atoms with E-state index < -0.39 is 5.97 Å². The molecule has 1 unspecified atom stereocenters. The molecule has 0 amide bonds. The Balaban J connectivity index is 2.32. The fourth-order valence-electron chi connectivity index (χ4n) is 1.43. The van der Waals surface area contributed by atoms with Crippen LogP contribution >= 0.6 is 22.6 Å². The lowest BCUT2D eigenvalue weighted by Crippen LogP contribution is -2.20. The van der Waals surface area contributed by atoms with Crippen molar-refractivity contribution < 1.29 is 9.90 Å². The molecule has 0 radical (unpaired) electrons. The second-order valence-corrected chi connectivity index (χ2v) is 4.97. The Morgan fingerprint density at radius 3 is 2.62 bits per heavy atom. The van der Waals surface area contributed by atoms with E-state index in [9.17, 15) is 4.79 Å². The maximum Gasteiger partial charge on any atom is 0.303 e. The summed E-state index contributed by atoms with van der Waals surface area (Å²) in [6.45, 7) is 2.82. The quantitative estimate of drug-likeness (QED) is 0.622. The van der Waals surface area contributed by atoms with E-state index in [4.69, 9.17) is 5.11 Å². The lowest BCUT2D eigenvalue weighted by atomic mass is 10.1. The van der Waals surface area contributed by atoms with Crippen molar-refractivity contribution in [1.29, 1.82) is 0 Å². The van der Waals surface area contributed by atoms with Crippen LogP contribution in [0.15, 0.2) is 24.3 Å². The third-order valence-electron chi connectivity index (χ3n) is 2.39. The van der Waals surface area contributed by atoms with E-state index in [1.807, 2.05) is 0 Å². The lowest BCUT2D eigenvalue weighted by molar-refractivity contribution is -0.137. The number of rotatable bonds is 6. The number of hydrogen-bond acceptors (Lipinski definition) is 2. The van der Waals surface area contributed by atoms with E-state index in [2.05, 4.69) is 59.1 Å². The molecule has 0 saturated heterocycles. The van der Waals surface area contributed by atoms with Gasteiger partial charge in [0.15, 0.2) is 0 Å². The van der Waals surface area contributed by atoms with Gasteiger partial charge in [-0.05, 0) is 60.2 Å². The third-order valence-corrected chi connectivity index (χ3v) is 3.11. The van der Waals surface area contributed by atoms with Crippen molar-refractivity contribution in [1.82, 2.24) is 5.32 Å². The molecule has 0 aromatic heterocycles. The van der Waals surface area contributed by atoms with Crippen molar-refractivity contribution in [3.8, 4) is 0 Å². The monoisotopic (exact) mass is 333 g/mol.